The lowest BCUT2D eigenvalue weighted by atomic mass is 9.54. The minimum absolute atomic E-state index is 0.00698. The van der Waals surface area contributed by atoms with Gasteiger partial charge in [-0.3, -0.25) is 4.79 Å². The highest BCUT2D eigenvalue weighted by Gasteiger charge is 2.59. The zero-order valence-corrected chi connectivity index (χ0v) is 31.4. The van der Waals surface area contributed by atoms with Crippen LogP contribution in [-0.4, -0.2) is 42.6 Å². The van der Waals surface area contributed by atoms with E-state index in [0.29, 0.717) is 37.4 Å². The minimum atomic E-state index is 0.00698. The van der Waals surface area contributed by atoms with Crippen LogP contribution in [0.4, 0.5) is 5.69 Å². The third-order valence-electron chi connectivity index (χ3n) is 12.9. The van der Waals surface area contributed by atoms with Crippen LogP contribution in [0.25, 0.3) is 0 Å². The quantitative estimate of drug-likeness (QED) is 0.150. The highest BCUT2D eigenvalue weighted by molar-refractivity contribution is 5.90. The number of nitrogens with one attached hydrogen (secondary N) is 1. The third-order valence-corrected chi connectivity index (χ3v) is 12.9. The van der Waals surface area contributed by atoms with E-state index in [1.165, 1.54) is 61.0 Å². The number of hydrogen-bond acceptors (Lipinski definition) is 5. The highest BCUT2D eigenvalue weighted by Crippen LogP contribution is 2.62. The summed E-state index contributed by atoms with van der Waals surface area (Å²) in [5, 5.41) is 3.12. The largest absolute Gasteiger partial charge is 0.490 e. The van der Waals surface area contributed by atoms with Crippen molar-refractivity contribution in [2.45, 2.75) is 102 Å². The number of likely N-dealkylation sites (tertiary alicyclic amines) is 1. The Balaban J connectivity index is 0.983. The molecule has 278 valence electrons. The van der Waals surface area contributed by atoms with Crippen molar-refractivity contribution in [3.8, 4) is 11.5 Å². The van der Waals surface area contributed by atoms with Crippen LogP contribution < -0.4 is 14.8 Å². The van der Waals surface area contributed by atoms with Gasteiger partial charge in [-0.2, -0.15) is 0 Å². The van der Waals surface area contributed by atoms with Crippen molar-refractivity contribution in [2.24, 2.45) is 17.3 Å². The van der Waals surface area contributed by atoms with Crippen LogP contribution in [0.1, 0.15) is 92.9 Å². The van der Waals surface area contributed by atoms with Gasteiger partial charge < -0.3 is 24.4 Å². The van der Waals surface area contributed by atoms with Crippen molar-refractivity contribution in [2.75, 3.05) is 25.0 Å². The number of fused-ring (bicyclic) bond motifs is 5. The van der Waals surface area contributed by atoms with Crippen molar-refractivity contribution in [3.05, 3.63) is 125 Å². The van der Waals surface area contributed by atoms with E-state index in [-0.39, 0.29) is 23.5 Å². The van der Waals surface area contributed by atoms with E-state index in [2.05, 4.69) is 89.9 Å². The molecule has 0 spiro atoms. The van der Waals surface area contributed by atoms with E-state index in [0.717, 1.165) is 55.8 Å². The van der Waals surface area contributed by atoms with E-state index < -0.39 is 0 Å². The fraction of sp³-hybridized carbons (Fsp3) is 0.468. The molecule has 3 fully saturated rings. The fourth-order valence-electron chi connectivity index (χ4n) is 10.2. The number of amides is 1. The first kappa shape index (κ1) is 35.9. The second-order valence-electron chi connectivity index (χ2n) is 16.3. The van der Waals surface area contributed by atoms with Gasteiger partial charge in [0, 0.05) is 23.4 Å². The number of anilines is 1. The second kappa shape index (κ2) is 16.5. The first-order valence-corrected chi connectivity index (χ1v) is 20.3. The summed E-state index contributed by atoms with van der Waals surface area (Å²) in [5.41, 5.74) is 6.06. The smallest absolute Gasteiger partial charge is 0.224 e. The van der Waals surface area contributed by atoms with Gasteiger partial charge in [-0.1, -0.05) is 80.1 Å². The summed E-state index contributed by atoms with van der Waals surface area (Å²) in [6.45, 7) is 7.04. The SMILES string of the molecule is C[C@]12C[C@H](Oc3ccc(NC(=O)CCCN4CCCCC4)cc3)[C@@H]3c4ccc(OCc5ccccc5)cc4CC[C@H]3[C@@H]1CC[C@@H]2OCc1ccccc1. The molecule has 6 heteroatoms. The second-order valence-corrected chi connectivity index (χ2v) is 16.3. The van der Waals surface area contributed by atoms with Crippen LogP contribution >= 0.6 is 0 Å². The molecule has 1 amide bonds. The average Bonchev–Trinajstić information content (AvgIpc) is 3.53. The molecule has 2 saturated carbocycles. The van der Waals surface area contributed by atoms with Crippen LogP contribution in [0.2, 0.25) is 0 Å². The first-order chi connectivity index (χ1) is 26.0. The summed E-state index contributed by atoms with van der Waals surface area (Å²) in [6, 6.07) is 35.8. The Hall–Kier alpha value is -4.13. The molecule has 0 unspecified atom stereocenters. The molecule has 6 nitrogen and oxygen atoms in total. The van der Waals surface area contributed by atoms with Gasteiger partial charge in [-0.05, 0) is 141 Å². The lowest BCUT2D eigenvalue weighted by molar-refractivity contribution is -0.116. The summed E-state index contributed by atoms with van der Waals surface area (Å²) in [4.78, 5) is 15.3. The van der Waals surface area contributed by atoms with Crippen LogP contribution in [0, 0.1) is 17.3 Å². The number of aryl methyl sites for hydroxylation is 1. The maximum atomic E-state index is 12.8. The Morgan fingerprint density at radius 3 is 2.28 bits per heavy atom. The molecule has 4 aliphatic rings. The minimum Gasteiger partial charge on any atom is -0.490 e. The van der Waals surface area contributed by atoms with E-state index in [1.54, 1.807) is 0 Å². The zero-order chi connectivity index (χ0) is 36.0. The van der Waals surface area contributed by atoms with Crippen molar-refractivity contribution < 1.29 is 19.0 Å². The van der Waals surface area contributed by atoms with Crippen molar-refractivity contribution >= 4 is 11.6 Å². The van der Waals surface area contributed by atoms with Gasteiger partial charge in [0.25, 0.3) is 0 Å². The molecule has 1 N–H and O–H groups in total. The molecule has 4 aromatic rings. The molecule has 0 radical (unpaired) electrons. The molecule has 4 aromatic carbocycles. The molecule has 0 bridgehead atoms. The van der Waals surface area contributed by atoms with Crippen LogP contribution in [0.5, 0.6) is 11.5 Å². The highest BCUT2D eigenvalue weighted by atomic mass is 16.5. The van der Waals surface area contributed by atoms with Gasteiger partial charge in [0.15, 0.2) is 0 Å². The Morgan fingerprint density at radius 1 is 0.811 bits per heavy atom. The van der Waals surface area contributed by atoms with Gasteiger partial charge in [0.05, 0.1) is 12.7 Å². The van der Waals surface area contributed by atoms with E-state index >= 15 is 0 Å². The zero-order valence-electron chi connectivity index (χ0n) is 31.4. The first-order valence-electron chi connectivity index (χ1n) is 20.3. The van der Waals surface area contributed by atoms with Crippen molar-refractivity contribution in [1.82, 2.24) is 4.90 Å². The summed E-state index contributed by atoms with van der Waals surface area (Å²) < 4.78 is 20.2. The molecule has 1 saturated heterocycles. The number of nitrogens with zero attached hydrogens (tertiary/aromatic N) is 1. The van der Waals surface area contributed by atoms with Crippen molar-refractivity contribution in [3.63, 3.8) is 0 Å². The fourth-order valence-corrected chi connectivity index (χ4v) is 10.2. The normalized spacial score (nSPS) is 26.5. The number of carbonyl (C=O) groups excluding carboxylic acids is 1. The molecule has 3 aliphatic carbocycles. The lowest BCUT2D eigenvalue weighted by Gasteiger charge is -2.53. The van der Waals surface area contributed by atoms with Gasteiger partial charge in [-0.25, -0.2) is 0 Å². The predicted octanol–water partition coefficient (Wildman–Crippen LogP) is 9.97. The Morgan fingerprint density at radius 2 is 1.53 bits per heavy atom. The Bertz CT molecular complexity index is 1790. The molecule has 8 rings (SSSR count). The lowest BCUT2D eigenvalue weighted by Crippen LogP contribution is -2.52. The average molecular weight is 713 g/mol. The van der Waals surface area contributed by atoms with E-state index in [1.807, 2.05) is 30.3 Å². The maximum absolute atomic E-state index is 12.8. The Kier molecular flexibility index (Phi) is 11.2. The summed E-state index contributed by atoms with van der Waals surface area (Å²) in [5.74, 6) is 3.28. The van der Waals surface area contributed by atoms with Crippen LogP contribution in [-0.2, 0) is 29.2 Å². The topological polar surface area (TPSA) is 60.0 Å². The molecule has 0 aromatic heterocycles. The summed E-state index contributed by atoms with van der Waals surface area (Å²) in [7, 11) is 0. The van der Waals surface area contributed by atoms with Gasteiger partial charge in [0.2, 0.25) is 5.91 Å². The number of rotatable bonds is 13. The summed E-state index contributed by atoms with van der Waals surface area (Å²) >= 11 is 0. The Labute approximate surface area is 316 Å². The molecule has 53 heavy (non-hydrogen) atoms. The van der Waals surface area contributed by atoms with E-state index in [4.69, 9.17) is 14.2 Å². The van der Waals surface area contributed by atoms with Gasteiger partial charge in [-0.15, -0.1) is 0 Å². The van der Waals surface area contributed by atoms with E-state index in [9.17, 15) is 4.79 Å². The van der Waals surface area contributed by atoms with Crippen LogP contribution in [0.15, 0.2) is 103 Å². The van der Waals surface area contributed by atoms with Gasteiger partial charge in [0.1, 0.15) is 24.2 Å². The molecule has 6 atom stereocenters. The predicted molar refractivity (Wildman–Crippen MR) is 211 cm³/mol. The number of ether oxygens (including phenoxy) is 3. The number of hydrogen-bond donors (Lipinski definition) is 1. The summed E-state index contributed by atoms with van der Waals surface area (Å²) in [6.07, 6.45) is 11.0. The standard InChI is InChI=1S/C47H56N2O4/c1-47-31-43(53-38-20-18-37(19-21-38)48-45(50)16-11-29-49-27-9-4-10-28-49)46-40-24-22-39(51-32-34-12-5-2-6-13-34)30-36(40)17-23-41(46)42(47)25-26-44(47)52-33-35-14-7-3-8-15-35/h2-3,5-8,12-15,18-22,24,30,41-44,46H,4,9-11,16-17,23,25-29,31-33H2,1H3,(H,48,50)/t41-,42-,43-,44-,46+,47-/m0/s1. The number of benzene rings is 4. The number of piperidine rings is 1. The molecule has 1 heterocycles. The molecular formula is C47H56N2O4. The van der Waals surface area contributed by atoms with Crippen LogP contribution in [0.3, 0.4) is 0 Å². The number of carbonyl (C=O) groups is 1. The van der Waals surface area contributed by atoms with Crippen molar-refractivity contribution in [1.29, 1.82) is 0 Å². The van der Waals surface area contributed by atoms with Gasteiger partial charge >= 0.3 is 0 Å². The third kappa shape index (κ3) is 8.34. The molecule has 1 aliphatic heterocycles. The maximum Gasteiger partial charge on any atom is 0.224 e. The monoisotopic (exact) mass is 712 g/mol. The molecular weight excluding hydrogens is 657 g/mol.